The molecule has 0 rings (SSSR count). The van der Waals surface area contributed by atoms with Crippen molar-refractivity contribution in [1.82, 2.24) is 0 Å². The largest absolute Gasteiger partial charge is 0.462 e. The number of hydrogen-bond donors (Lipinski definition) is 0. The van der Waals surface area contributed by atoms with Crippen LogP contribution in [0.5, 0.6) is 0 Å². The quantitative estimate of drug-likeness (QED) is 0.0262. The highest BCUT2D eigenvalue weighted by Crippen LogP contribution is 2.16. The van der Waals surface area contributed by atoms with Crippen molar-refractivity contribution in [2.24, 2.45) is 0 Å². The van der Waals surface area contributed by atoms with Crippen LogP contribution in [0.3, 0.4) is 0 Å². The van der Waals surface area contributed by atoms with E-state index in [4.69, 9.17) is 14.2 Å². The van der Waals surface area contributed by atoms with Gasteiger partial charge in [0.1, 0.15) is 13.2 Å². The predicted molar refractivity (Wildman–Crippen MR) is 288 cm³/mol. The smallest absolute Gasteiger partial charge is 0.306 e. The second-order valence-corrected chi connectivity index (χ2v) is 18.3. The first kappa shape index (κ1) is 63.3. The Morgan fingerprint density at radius 1 is 0.313 bits per heavy atom. The van der Waals surface area contributed by atoms with E-state index in [0.717, 1.165) is 77.0 Å². The first-order chi connectivity index (χ1) is 33.0. The molecule has 0 aliphatic heterocycles. The zero-order valence-corrected chi connectivity index (χ0v) is 43.6. The second-order valence-electron chi connectivity index (χ2n) is 18.3. The van der Waals surface area contributed by atoms with Gasteiger partial charge in [-0.15, -0.1) is 0 Å². The van der Waals surface area contributed by atoms with Gasteiger partial charge in [-0.25, -0.2) is 0 Å². The number of allylic oxidation sites excluding steroid dienone is 16. The molecule has 0 saturated heterocycles. The summed E-state index contributed by atoms with van der Waals surface area (Å²) in [7, 11) is 0. The van der Waals surface area contributed by atoms with Crippen LogP contribution in [0.2, 0.25) is 0 Å². The lowest BCUT2D eigenvalue weighted by molar-refractivity contribution is -0.167. The lowest BCUT2D eigenvalue weighted by atomic mass is 10.0. The highest BCUT2D eigenvalue weighted by molar-refractivity contribution is 5.71. The standard InChI is InChI=1S/C61H102O6/c1-4-7-10-13-16-19-22-25-28-29-30-31-34-36-39-42-45-48-51-54-60(63)66-57-58(67-61(64)55-52-49-46-43-40-37-33-27-24-21-18-15-12-9-6-3)56-65-59(62)53-50-47-44-41-38-35-32-26-23-20-17-14-11-8-5-2/h8-9,11-12,14-15,17-18,20-21,23-24,27,33,37,40,58H,4-7,10,13,16,19,22,25-26,28-32,34-36,38-39,41-57H2,1-3H3/b11-8-,12-9-,17-14-,18-15-,23-20-,24-21-,33-27-,40-37-. The van der Waals surface area contributed by atoms with Crippen LogP contribution in [0.15, 0.2) is 97.2 Å². The molecule has 0 fully saturated rings. The Labute approximate surface area is 413 Å². The number of esters is 3. The molecule has 1 unspecified atom stereocenters. The van der Waals surface area contributed by atoms with Crippen LogP contribution < -0.4 is 0 Å². The zero-order valence-electron chi connectivity index (χ0n) is 43.6. The van der Waals surface area contributed by atoms with Crippen molar-refractivity contribution in [3.05, 3.63) is 97.2 Å². The van der Waals surface area contributed by atoms with Gasteiger partial charge in [-0.3, -0.25) is 14.4 Å². The molecule has 0 heterocycles. The van der Waals surface area contributed by atoms with Gasteiger partial charge in [0.25, 0.3) is 0 Å². The topological polar surface area (TPSA) is 78.9 Å². The Bertz CT molecular complexity index is 1350. The highest BCUT2D eigenvalue weighted by atomic mass is 16.6. The molecule has 0 N–H and O–H groups in total. The zero-order chi connectivity index (χ0) is 48.6. The van der Waals surface area contributed by atoms with Gasteiger partial charge in [0.05, 0.1) is 0 Å². The first-order valence-electron chi connectivity index (χ1n) is 27.8. The van der Waals surface area contributed by atoms with E-state index < -0.39 is 6.10 Å². The SMILES string of the molecule is CC\C=C/C=C\C=C/C=C\C=C/CCCCCC(=O)OC(COC(=O)CCCCCCCCC\C=C/C=C\C=C/CC)COC(=O)CCCCCCCCCCCCCCCCCCCCC. The molecule has 382 valence electrons. The minimum atomic E-state index is -0.804. The molecule has 0 radical (unpaired) electrons. The molecule has 6 heteroatoms. The fourth-order valence-electron chi connectivity index (χ4n) is 7.64. The lowest BCUT2D eigenvalue weighted by Crippen LogP contribution is -2.30. The van der Waals surface area contributed by atoms with Crippen LogP contribution in [0, 0.1) is 0 Å². The normalized spacial score (nSPS) is 12.8. The average Bonchev–Trinajstić information content (AvgIpc) is 3.33. The van der Waals surface area contributed by atoms with Crippen LogP contribution in [-0.2, 0) is 28.6 Å². The summed E-state index contributed by atoms with van der Waals surface area (Å²) in [5, 5.41) is 0. The molecule has 6 nitrogen and oxygen atoms in total. The van der Waals surface area contributed by atoms with Gasteiger partial charge in [-0.05, 0) is 57.8 Å². The van der Waals surface area contributed by atoms with Gasteiger partial charge >= 0.3 is 17.9 Å². The molecule has 0 aliphatic carbocycles. The van der Waals surface area contributed by atoms with Crippen molar-refractivity contribution < 1.29 is 28.6 Å². The van der Waals surface area contributed by atoms with Crippen molar-refractivity contribution in [3.8, 4) is 0 Å². The van der Waals surface area contributed by atoms with Crippen molar-refractivity contribution >= 4 is 17.9 Å². The third-order valence-corrected chi connectivity index (χ3v) is 11.8. The van der Waals surface area contributed by atoms with E-state index in [9.17, 15) is 14.4 Å². The number of unbranched alkanes of at least 4 members (excludes halogenated alkanes) is 28. The molecule has 0 aromatic heterocycles. The second kappa shape index (κ2) is 54.9. The summed E-state index contributed by atoms with van der Waals surface area (Å²) < 4.78 is 16.8. The molecule has 1 atom stereocenters. The molecule has 0 amide bonds. The van der Waals surface area contributed by atoms with Crippen molar-refractivity contribution in [2.75, 3.05) is 13.2 Å². The van der Waals surface area contributed by atoms with E-state index in [2.05, 4.69) is 69.4 Å². The van der Waals surface area contributed by atoms with Crippen molar-refractivity contribution in [3.63, 3.8) is 0 Å². The van der Waals surface area contributed by atoms with E-state index in [1.165, 1.54) is 128 Å². The van der Waals surface area contributed by atoms with Crippen LogP contribution in [0.25, 0.3) is 0 Å². The highest BCUT2D eigenvalue weighted by Gasteiger charge is 2.19. The third kappa shape index (κ3) is 53.2. The van der Waals surface area contributed by atoms with Gasteiger partial charge in [0, 0.05) is 19.3 Å². The monoisotopic (exact) mass is 931 g/mol. The molecule has 0 bridgehead atoms. The summed E-state index contributed by atoms with van der Waals surface area (Å²) in [5.41, 5.74) is 0. The van der Waals surface area contributed by atoms with Gasteiger partial charge < -0.3 is 14.2 Å². The molecule has 0 aromatic rings. The summed E-state index contributed by atoms with van der Waals surface area (Å²) in [6.45, 7) is 6.33. The average molecular weight is 931 g/mol. The first-order valence-corrected chi connectivity index (χ1v) is 27.8. The number of hydrogen-bond acceptors (Lipinski definition) is 6. The molecular weight excluding hydrogens is 829 g/mol. The number of ether oxygens (including phenoxy) is 3. The maximum atomic E-state index is 12.8. The fraction of sp³-hybridized carbons (Fsp3) is 0.689. The summed E-state index contributed by atoms with van der Waals surface area (Å²) in [6, 6.07) is 0. The van der Waals surface area contributed by atoms with Crippen molar-refractivity contribution in [2.45, 2.75) is 258 Å². The lowest BCUT2D eigenvalue weighted by Gasteiger charge is -2.18. The van der Waals surface area contributed by atoms with Crippen LogP contribution >= 0.6 is 0 Å². The molecule has 67 heavy (non-hydrogen) atoms. The minimum Gasteiger partial charge on any atom is -0.462 e. The Kier molecular flexibility index (Phi) is 51.9. The summed E-state index contributed by atoms with van der Waals surface area (Å²) in [6.07, 6.45) is 72.5. The van der Waals surface area contributed by atoms with Gasteiger partial charge in [-0.1, -0.05) is 272 Å². The summed E-state index contributed by atoms with van der Waals surface area (Å²) in [5.74, 6) is -0.949. The predicted octanol–water partition coefficient (Wildman–Crippen LogP) is 18.5. The Morgan fingerprint density at radius 2 is 0.582 bits per heavy atom. The van der Waals surface area contributed by atoms with Crippen LogP contribution in [-0.4, -0.2) is 37.2 Å². The van der Waals surface area contributed by atoms with Gasteiger partial charge in [-0.2, -0.15) is 0 Å². The van der Waals surface area contributed by atoms with Gasteiger partial charge in [0.15, 0.2) is 6.10 Å². The van der Waals surface area contributed by atoms with E-state index in [1.54, 1.807) is 0 Å². The summed E-state index contributed by atoms with van der Waals surface area (Å²) >= 11 is 0. The molecule has 0 aliphatic rings. The number of carbonyl (C=O) groups excluding carboxylic acids is 3. The van der Waals surface area contributed by atoms with Crippen LogP contribution in [0.4, 0.5) is 0 Å². The molecular formula is C61H102O6. The fourth-order valence-corrected chi connectivity index (χ4v) is 7.64. The van der Waals surface area contributed by atoms with E-state index in [0.29, 0.717) is 19.3 Å². The summed E-state index contributed by atoms with van der Waals surface area (Å²) in [4.78, 5) is 38.1. The number of rotatable bonds is 49. The third-order valence-electron chi connectivity index (χ3n) is 11.8. The van der Waals surface area contributed by atoms with Crippen molar-refractivity contribution in [1.29, 1.82) is 0 Å². The Hall–Kier alpha value is -3.67. The molecule has 0 aromatic carbocycles. The molecule has 0 saturated carbocycles. The van der Waals surface area contributed by atoms with Gasteiger partial charge in [0.2, 0.25) is 0 Å². The molecule has 0 spiro atoms. The van der Waals surface area contributed by atoms with E-state index >= 15 is 0 Å². The maximum absolute atomic E-state index is 12.8. The number of carbonyl (C=O) groups is 3. The minimum absolute atomic E-state index is 0.0978. The van der Waals surface area contributed by atoms with E-state index in [-0.39, 0.29) is 37.5 Å². The maximum Gasteiger partial charge on any atom is 0.306 e. The van der Waals surface area contributed by atoms with E-state index in [1.807, 2.05) is 48.6 Å². The Balaban J connectivity index is 4.43. The van der Waals surface area contributed by atoms with Crippen LogP contribution in [0.1, 0.15) is 252 Å². The Morgan fingerprint density at radius 3 is 0.925 bits per heavy atom.